The first kappa shape index (κ1) is 15.7. The minimum absolute atomic E-state index is 0.125. The van der Waals surface area contributed by atoms with Gasteiger partial charge in [-0.05, 0) is 24.3 Å². The van der Waals surface area contributed by atoms with E-state index in [0.717, 1.165) is 18.2 Å². The van der Waals surface area contributed by atoms with Gasteiger partial charge in [0.2, 0.25) is 5.91 Å². The Hall–Kier alpha value is -2.64. The number of amides is 1. The molecule has 0 saturated carbocycles. The maximum absolute atomic E-state index is 13.3. The van der Waals surface area contributed by atoms with Crippen molar-refractivity contribution < 1.29 is 26.7 Å². The number of anilines is 2. The van der Waals surface area contributed by atoms with E-state index in [1.54, 1.807) is 0 Å². The first-order valence-corrected chi connectivity index (χ1v) is 6.00. The van der Waals surface area contributed by atoms with Gasteiger partial charge in [0.15, 0.2) is 29.1 Å². The van der Waals surface area contributed by atoms with Crippen LogP contribution in [-0.4, -0.2) is 12.5 Å². The summed E-state index contributed by atoms with van der Waals surface area (Å²) in [7, 11) is 0. The molecule has 0 unspecified atom stereocenters. The van der Waals surface area contributed by atoms with Crippen LogP contribution in [0.4, 0.5) is 33.3 Å². The molecule has 0 bridgehead atoms. The highest BCUT2D eigenvalue weighted by atomic mass is 19.2. The first-order chi connectivity index (χ1) is 10.4. The number of carbonyl (C=O) groups is 1. The zero-order valence-corrected chi connectivity index (χ0v) is 10.9. The molecular formula is C14H9F5N2O. The molecule has 2 rings (SSSR count). The molecule has 3 nitrogen and oxygen atoms in total. The Balaban J connectivity index is 1.99. The van der Waals surface area contributed by atoms with E-state index in [0.29, 0.717) is 6.07 Å². The number of benzene rings is 2. The van der Waals surface area contributed by atoms with Gasteiger partial charge >= 0.3 is 0 Å². The fraction of sp³-hybridized carbons (Fsp3) is 0.0714. The van der Waals surface area contributed by atoms with Crippen LogP contribution in [0.2, 0.25) is 0 Å². The van der Waals surface area contributed by atoms with E-state index < -0.39 is 47.2 Å². The molecule has 0 spiro atoms. The maximum Gasteiger partial charge on any atom is 0.243 e. The molecule has 8 heteroatoms. The topological polar surface area (TPSA) is 41.1 Å². The van der Waals surface area contributed by atoms with E-state index in [1.165, 1.54) is 6.07 Å². The van der Waals surface area contributed by atoms with Gasteiger partial charge in [0.05, 0.1) is 12.2 Å². The highest BCUT2D eigenvalue weighted by Gasteiger charge is 2.15. The molecule has 0 aliphatic rings. The summed E-state index contributed by atoms with van der Waals surface area (Å²) in [6, 6.07) is 4.43. The maximum atomic E-state index is 13.3. The van der Waals surface area contributed by atoms with Crippen molar-refractivity contribution in [2.45, 2.75) is 0 Å². The van der Waals surface area contributed by atoms with E-state index in [-0.39, 0.29) is 5.69 Å². The largest absolute Gasteiger partial charge is 0.376 e. The molecule has 0 aliphatic heterocycles. The lowest BCUT2D eigenvalue weighted by atomic mass is 10.2. The number of carbonyl (C=O) groups excluding carboxylic acids is 1. The summed E-state index contributed by atoms with van der Waals surface area (Å²) in [6.07, 6.45) is 0. The number of rotatable bonds is 4. The SMILES string of the molecule is O=C(CNc1ccc(F)c(F)c1)Nc1ccc(F)c(F)c1F. The van der Waals surface area contributed by atoms with Gasteiger partial charge in [-0.3, -0.25) is 4.79 Å². The predicted octanol–water partition coefficient (Wildman–Crippen LogP) is 3.43. The molecule has 2 aromatic rings. The Morgan fingerprint density at radius 2 is 1.55 bits per heavy atom. The van der Waals surface area contributed by atoms with Gasteiger partial charge < -0.3 is 10.6 Å². The number of halogens is 5. The van der Waals surface area contributed by atoms with Crippen LogP contribution in [0, 0.1) is 29.1 Å². The van der Waals surface area contributed by atoms with Gasteiger partial charge in [-0.25, -0.2) is 22.0 Å². The van der Waals surface area contributed by atoms with Crippen LogP contribution in [-0.2, 0) is 4.79 Å². The third-order valence-corrected chi connectivity index (χ3v) is 2.68. The van der Waals surface area contributed by atoms with Crippen molar-refractivity contribution in [3.63, 3.8) is 0 Å². The molecule has 116 valence electrons. The van der Waals surface area contributed by atoms with Crippen molar-refractivity contribution in [2.24, 2.45) is 0 Å². The lowest BCUT2D eigenvalue weighted by Crippen LogP contribution is -2.22. The monoisotopic (exact) mass is 316 g/mol. The smallest absolute Gasteiger partial charge is 0.243 e. The van der Waals surface area contributed by atoms with Crippen molar-refractivity contribution in [1.29, 1.82) is 0 Å². The fourth-order valence-corrected chi connectivity index (χ4v) is 1.61. The van der Waals surface area contributed by atoms with Crippen LogP contribution in [0.25, 0.3) is 0 Å². The highest BCUT2D eigenvalue weighted by molar-refractivity contribution is 5.93. The van der Waals surface area contributed by atoms with Crippen molar-refractivity contribution in [3.05, 3.63) is 59.4 Å². The van der Waals surface area contributed by atoms with Gasteiger partial charge in [-0.1, -0.05) is 0 Å². The predicted molar refractivity (Wildman–Crippen MR) is 69.8 cm³/mol. The van der Waals surface area contributed by atoms with Gasteiger partial charge in [0, 0.05) is 11.8 Å². The summed E-state index contributed by atoms with van der Waals surface area (Å²) in [5.74, 6) is -7.53. The summed E-state index contributed by atoms with van der Waals surface area (Å²) < 4.78 is 64.7. The van der Waals surface area contributed by atoms with Crippen LogP contribution < -0.4 is 10.6 Å². The van der Waals surface area contributed by atoms with Crippen LogP contribution >= 0.6 is 0 Å². The Kier molecular flexibility index (Phi) is 4.59. The summed E-state index contributed by atoms with van der Waals surface area (Å²) >= 11 is 0. The zero-order valence-electron chi connectivity index (χ0n) is 10.9. The fourth-order valence-electron chi connectivity index (χ4n) is 1.61. The second kappa shape index (κ2) is 6.42. The third-order valence-electron chi connectivity index (χ3n) is 2.68. The van der Waals surface area contributed by atoms with E-state index in [2.05, 4.69) is 5.32 Å². The normalized spacial score (nSPS) is 10.4. The average molecular weight is 316 g/mol. The molecule has 2 aromatic carbocycles. The van der Waals surface area contributed by atoms with E-state index in [4.69, 9.17) is 0 Å². The summed E-state index contributed by atoms with van der Waals surface area (Å²) in [6.45, 7) is -0.413. The minimum atomic E-state index is -1.70. The Morgan fingerprint density at radius 1 is 0.864 bits per heavy atom. The van der Waals surface area contributed by atoms with Gasteiger partial charge in [0.1, 0.15) is 0 Å². The second-order valence-electron chi connectivity index (χ2n) is 4.25. The standard InChI is InChI=1S/C14H9F5N2O/c15-8-2-1-7(5-10(8)17)20-6-12(22)21-11-4-3-9(16)13(18)14(11)19/h1-5,20H,6H2,(H,21,22). The van der Waals surface area contributed by atoms with E-state index >= 15 is 0 Å². The van der Waals surface area contributed by atoms with Gasteiger partial charge in [-0.15, -0.1) is 0 Å². The van der Waals surface area contributed by atoms with Crippen molar-refractivity contribution in [2.75, 3.05) is 17.2 Å². The molecule has 2 N–H and O–H groups in total. The molecule has 0 heterocycles. The van der Waals surface area contributed by atoms with Crippen molar-refractivity contribution >= 4 is 17.3 Å². The number of nitrogens with one attached hydrogen (secondary N) is 2. The van der Waals surface area contributed by atoms with Crippen LogP contribution in [0.15, 0.2) is 30.3 Å². The first-order valence-electron chi connectivity index (χ1n) is 6.00. The van der Waals surface area contributed by atoms with E-state index in [9.17, 15) is 26.7 Å². The van der Waals surface area contributed by atoms with Gasteiger partial charge in [-0.2, -0.15) is 0 Å². The minimum Gasteiger partial charge on any atom is -0.376 e. The van der Waals surface area contributed by atoms with Crippen LogP contribution in [0.5, 0.6) is 0 Å². The number of hydrogen-bond acceptors (Lipinski definition) is 2. The Labute approximate surface area is 121 Å². The molecule has 0 aromatic heterocycles. The van der Waals surface area contributed by atoms with Crippen molar-refractivity contribution in [1.82, 2.24) is 0 Å². The molecule has 0 saturated heterocycles. The van der Waals surface area contributed by atoms with Gasteiger partial charge in [0.25, 0.3) is 0 Å². The molecule has 0 radical (unpaired) electrons. The average Bonchev–Trinajstić information content (AvgIpc) is 2.49. The summed E-state index contributed by atoms with van der Waals surface area (Å²) in [5, 5.41) is 4.49. The molecule has 0 atom stereocenters. The quantitative estimate of drug-likeness (QED) is 0.670. The molecule has 0 aliphatic carbocycles. The zero-order chi connectivity index (χ0) is 16.3. The Bertz CT molecular complexity index is 721. The highest BCUT2D eigenvalue weighted by Crippen LogP contribution is 2.19. The van der Waals surface area contributed by atoms with Crippen LogP contribution in [0.1, 0.15) is 0 Å². The Morgan fingerprint density at radius 3 is 2.23 bits per heavy atom. The lowest BCUT2D eigenvalue weighted by molar-refractivity contribution is -0.114. The molecule has 1 amide bonds. The second-order valence-corrected chi connectivity index (χ2v) is 4.25. The van der Waals surface area contributed by atoms with Crippen LogP contribution in [0.3, 0.4) is 0 Å². The molecule has 22 heavy (non-hydrogen) atoms. The summed E-state index contributed by atoms with van der Waals surface area (Å²) in [4.78, 5) is 11.6. The number of hydrogen-bond donors (Lipinski definition) is 2. The molecule has 0 fully saturated rings. The van der Waals surface area contributed by atoms with Crippen molar-refractivity contribution in [3.8, 4) is 0 Å². The van der Waals surface area contributed by atoms with E-state index in [1.807, 2.05) is 5.32 Å². The lowest BCUT2D eigenvalue weighted by Gasteiger charge is -2.09. The summed E-state index contributed by atoms with van der Waals surface area (Å²) in [5.41, 5.74) is -0.407. The third kappa shape index (κ3) is 3.51. The molecular weight excluding hydrogens is 307 g/mol.